The van der Waals surface area contributed by atoms with Gasteiger partial charge in [-0.3, -0.25) is 4.79 Å². The predicted molar refractivity (Wildman–Crippen MR) is 93.5 cm³/mol. The van der Waals surface area contributed by atoms with E-state index in [2.05, 4.69) is 33.1 Å². The smallest absolute Gasteiger partial charge is 0.277 e. The highest BCUT2D eigenvalue weighted by Crippen LogP contribution is 2.22. The van der Waals surface area contributed by atoms with Crippen molar-refractivity contribution in [3.63, 3.8) is 0 Å². The summed E-state index contributed by atoms with van der Waals surface area (Å²) in [6.07, 6.45) is 1.37. The fraction of sp³-hybridized carbons (Fsp3) is 0.0667. The molecule has 2 aromatic rings. The second-order valence-electron chi connectivity index (χ2n) is 4.22. The Hall–Kier alpha value is -1.80. The summed E-state index contributed by atoms with van der Waals surface area (Å²) in [7, 11) is 0. The minimum Gasteiger partial charge on any atom is -0.507 e. The Kier molecular flexibility index (Phi) is 6.02. The molecular formula is C15H12ClIN2O3. The van der Waals surface area contributed by atoms with Gasteiger partial charge in [-0.05, 0) is 52.9 Å². The third kappa shape index (κ3) is 4.88. The van der Waals surface area contributed by atoms with Crippen molar-refractivity contribution < 1.29 is 14.6 Å². The summed E-state index contributed by atoms with van der Waals surface area (Å²) >= 11 is 8.03. The van der Waals surface area contributed by atoms with Gasteiger partial charge in [-0.15, -0.1) is 0 Å². The van der Waals surface area contributed by atoms with Crippen LogP contribution in [-0.4, -0.2) is 23.8 Å². The van der Waals surface area contributed by atoms with Crippen LogP contribution in [0.1, 0.15) is 5.56 Å². The second-order valence-corrected chi connectivity index (χ2v) is 5.87. The number of phenolic OH excluding ortho intramolecular Hbond substituents is 1. The lowest BCUT2D eigenvalue weighted by molar-refractivity contribution is -0.123. The van der Waals surface area contributed by atoms with E-state index in [9.17, 15) is 9.90 Å². The van der Waals surface area contributed by atoms with E-state index < -0.39 is 5.91 Å². The third-order valence-corrected chi connectivity index (χ3v) is 3.56. The largest absolute Gasteiger partial charge is 0.507 e. The molecule has 2 aromatic carbocycles. The van der Waals surface area contributed by atoms with Gasteiger partial charge in [0.2, 0.25) is 0 Å². The van der Waals surface area contributed by atoms with E-state index >= 15 is 0 Å². The van der Waals surface area contributed by atoms with Gasteiger partial charge in [0, 0.05) is 9.13 Å². The summed E-state index contributed by atoms with van der Waals surface area (Å²) < 4.78 is 6.23. The number of benzene rings is 2. The van der Waals surface area contributed by atoms with E-state index in [1.54, 1.807) is 42.5 Å². The molecule has 0 heterocycles. The maximum Gasteiger partial charge on any atom is 0.277 e. The van der Waals surface area contributed by atoms with E-state index in [0.29, 0.717) is 16.3 Å². The molecule has 0 aliphatic heterocycles. The lowest BCUT2D eigenvalue weighted by Gasteiger charge is -2.06. The molecule has 0 bridgehead atoms. The molecule has 2 N–H and O–H groups in total. The number of para-hydroxylation sites is 1. The van der Waals surface area contributed by atoms with E-state index in [0.717, 1.165) is 3.57 Å². The SMILES string of the molecule is O=C(COc1ccccc1Cl)N/N=C/c1cc(I)ccc1O. The van der Waals surface area contributed by atoms with E-state index in [-0.39, 0.29) is 12.4 Å². The first-order valence-electron chi connectivity index (χ1n) is 6.24. The number of carbonyl (C=O) groups is 1. The molecular weight excluding hydrogens is 419 g/mol. The number of hydrazone groups is 1. The summed E-state index contributed by atoms with van der Waals surface area (Å²) in [5.41, 5.74) is 2.83. The summed E-state index contributed by atoms with van der Waals surface area (Å²) in [6.45, 7) is -0.209. The van der Waals surface area contributed by atoms with Gasteiger partial charge >= 0.3 is 0 Å². The van der Waals surface area contributed by atoms with Crippen molar-refractivity contribution >= 4 is 46.3 Å². The molecule has 22 heavy (non-hydrogen) atoms. The van der Waals surface area contributed by atoms with Gasteiger partial charge < -0.3 is 9.84 Å². The van der Waals surface area contributed by atoms with Gasteiger partial charge in [0.1, 0.15) is 11.5 Å². The number of nitrogens with one attached hydrogen (secondary N) is 1. The molecule has 5 nitrogen and oxygen atoms in total. The number of nitrogens with zero attached hydrogens (tertiary/aromatic N) is 1. The zero-order valence-electron chi connectivity index (χ0n) is 11.3. The standard InChI is InChI=1S/C15H12ClIN2O3/c16-12-3-1-2-4-14(12)22-9-15(21)19-18-8-10-7-11(17)5-6-13(10)20/h1-8,20H,9H2,(H,19,21)/b18-8+. The van der Waals surface area contributed by atoms with Crippen LogP contribution in [0, 0.1) is 3.57 Å². The molecule has 0 saturated heterocycles. The van der Waals surface area contributed by atoms with Gasteiger partial charge in [0.05, 0.1) is 11.2 Å². The maximum absolute atomic E-state index is 11.6. The van der Waals surface area contributed by atoms with Crippen molar-refractivity contribution in [2.75, 3.05) is 6.61 Å². The molecule has 114 valence electrons. The summed E-state index contributed by atoms with van der Waals surface area (Å²) in [5.74, 6) is 0.0885. The Morgan fingerprint density at radius 1 is 1.36 bits per heavy atom. The third-order valence-electron chi connectivity index (χ3n) is 2.58. The fourth-order valence-corrected chi connectivity index (χ4v) is 2.25. The van der Waals surface area contributed by atoms with Gasteiger partial charge in [-0.1, -0.05) is 23.7 Å². The zero-order valence-corrected chi connectivity index (χ0v) is 14.2. The molecule has 7 heteroatoms. The highest BCUT2D eigenvalue weighted by atomic mass is 127. The number of aromatic hydroxyl groups is 1. The average molecular weight is 431 g/mol. The second kappa shape index (κ2) is 8.00. The Morgan fingerprint density at radius 3 is 2.91 bits per heavy atom. The molecule has 1 amide bonds. The molecule has 0 fully saturated rings. The van der Waals surface area contributed by atoms with E-state index in [4.69, 9.17) is 16.3 Å². The number of rotatable bonds is 5. The molecule has 0 atom stereocenters. The van der Waals surface area contributed by atoms with Crippen LogP contribution in [0.2, 0.25) is 5.02 Å². The van der Waals surface area contributed by atoms with Crippen molar-refractivity contribution in [1.82, 2.24) is 5.43 Å². The minimum absolute atomic E-state index is 0.0886. The fourth-order valence-electron chi connectivity index (χ4n) is 1.54. The highest BCUT2D eigenvalue weighted by Gasteiger charge is 2.04. The predicted octanol–water partition coefficient (Wildman–Crippen LogP) is 3.18. The lowest BCUT2D eigenvalue weighted by atomic mass is 10.2. The van der Waals surface area contributed by atoms with Crippen LogP contribution >= 0.6 is 34.2 Å². The number of ether oxygens (including phenoxy) is 1. The molecule has 0 radical (unpaired) electrons. The van der Waals surface area contributed by atoms with Crippen molar-refractivity contribution in [1.29, 1.82) is 0 Å². The van der Waals surface area contributed by atoms with E-state index in [1.165, 1.54) is 6.21 Å². The summed E-state index contributed by atoms with van der Waals surface area (Å²) in [6, 6.07) is 11.9. The van der Waals surface area contributed by atoms with Gasteiger partial charge in [0.25, 0.3) is 5.91 Å². The molecule has 0 unspecified atom stereocenters. The number of hydrogen-bond acceptors (Lipinski definition) is 4. The maximum atomic E-state index is 11.6. The number of amides is 1. The van der Waals surface area contributed by atoms with Crippen LogP contribution in [0.3, 0.4) is 0 Å². The molecule has 0 aliphatic rings. The quantitative estimate of drug-likeness (QED) is 0.435. The highest BCUT2D eigenvalue weighted by molar-refractivity contribution is 14.1. The van der Waals surface area contributed by atoms with Crippen LogP contribution in [-0.2, 0) is 4.79 Å². The van der Waals surface area contributed by atoms with Crippen LogP contribution in [0.15, 0.2) is 47.6 Å². The average Bonchev–Trinajstić information content (AvgIpc) is 2.50. The van der Waals surface area contributed by atoms with Crippen molar-refractivity contribution in [2.24, 2.45) is 5.10 Å². The topological polar surface area (TPSA) is 70.9 Å². The zero-order chi connectivity index (χ0) is 15.9. The first-order valence-corrected chi connectivity index (χ1v) is 7.69. The monoisotopic (exact) mass is 430 g/mol. The number of hydrogen-bond donors (Lipinski definition) is 2. The van der Waals surface area contributed by atoms with Gasteiger partial charge in [0.15, 0.2) is 6.61 Å². The van der Waals surface area contributed by atoms with Crippen LogP contribution in [0.5, 0.6) is 11.5 Å². The van der Waals surface area contributed by atoms with Crippen LogP contribution in [0.4, 0.5) is 0 Å². The Morgan fingerprint density at radius 2 is 2.14 bits per heavy atom. The lowest BCUT2D eigenvalue weighted by Crippen LogP contribution is -2.24. The van der Waals surface area contributed by atoms with Crippen molar-refractivity contribution in [3.05, 3.63) is 56.6 Å². The van der Waals surface area contributed by atoms with Gasteiger partial charge in [-0.2, -0.15) is 5.10 Å². The molecule has 0 spiro atoms. The molecule has 0 aliphatic carbocycles. The Bertz CT molecular complexity index is 707. The minimum atomic E-state index is -0.429. The first kappa shape index (κ1) is 16.6. The number of phenols is 1. The Labute approximate surface area is 146 Å². The Balaban J connectivity index is 1.86. The van der Waals surface area contributed by atoms with Crippen molar-refractivity contribution in [2.45, 2.75) is 0 Å². The normalized spacial score (nSPS) is 10.6. The van der Waals surface area contributed by atoms with Crippen molar-refractivity contribution in [3.8, 4) is 11.5 Å². The van der Waals surface area contributed by atoms with Gasteiger partial charge in [-0.25, -0.2) is 5.43 Å². The number of halogens is 2. The summed E-state index contributed by atoms with van der Waals surface area (Å²) in [4.78, 5) is 11.6. The van der Waals surface area contributed by atoms with E-state index in [1.807, 2.05) is 0 Å². The van der Waals surface area contributed by atoms with Crippen LogP contribution < -0.4 is 10.2 Å². The molecule has 0 saturated carbocycles. The molecule has 2 rings (SSSR count). The summed E-state index contributed by atoms with van der Waals surface area (Å²) in [5, 5.41) is 13.8. The number of carbonyl (C=O) groups excluding carboxylic acids is 1. The molecule has 0 aromatic heterocycles. The van der Waals surface area contributed by atoms with Crippen LogP contribution in [0.25, 0.3) is 0 Å². The first-order chi connectivity index (χ1) is 10.6.